The van der Waals surface area contributed by atoms with Crippen LogP contribution in [0.1, 0.15) is 44.4 Å². The van der Waals surface area contributed by atoms with Gasteiger partial charge < -0.3 is 0 Å². The van der Waals surface area contributed by atoms with E-state index in [1.54, 1.807) is 0 Å². The molecule has 2 rings (SSSR count). The molecule has 0 heterocycles. The molecular formula is C21H31Cl. The van der Waals surface area contributed by atoms with Gasteiger partial charge in [0.15, 0.2) is 0 Å². The zero-order chi connectivity index (χ0) is 17.4. The molecular weight excluding hydrogens is 288 g/mol. The third-order valence-corrected chi connectivity index (χ3v) is 3.05. The Balaban J connectivity index is 0. The Labute approximate surface area is 142 Å². The zero-order valence-corrected chi connectivity index (χ0v) is 15.9. The molecule has 0 aliphatic heterocycles. The van der Waals surface area contributed by atoms with Crippen LogP contribution >= 0.6 is 11.6 Å². The van der Waals surface area contributed by atoms with Gasteiger partial charge in [-0.25, -0.2) is 0 Å². The van der Waals surface area contributed by atoms with Crippen molar-refractivity contribution in [2.45, 2.75) is 48.5 Å². The monoisotopic (exact) mass is 318 g/mol. The van der Waals surface area contributed by atoms with Crippen LogP contribution in [0.3, 0.4) is 0 Å². The topological polar surface area (TPSA) is 0 Å². The summed E-state index contributed by atoms with van der Waals surface area (Å²) in [5.41, 5.74) is 3.79. The molecule has 0 bridgehead atoms. The van der Waals surface area contributed by atoms with Gasteiger partial charge in [-0.1, -0.05) is 91.2 Å². The number of rotatable bonds is 0. The summed E-state index contributed by atoms with van der Waals surface area (Å²) >= 11 is 5.71. The molecule has 0 N–H and O–H groups in total. The molecule has 0 radical (unpaired) electrons. The average molecular weight is 319 g/mol. The summed E-state index contributed by atoms with van der Waals surface area (Å²) in [5, 5.41) is 0.840. The normalized spacial score (nSPS) is 8.73. The Morgan fingerprint density at radius 2 is 1.05 bits per heavy atom. The fraction of sp³-hybridized carbons (Fsp3) is 0.333. The molecule has 0 amide bonds. The summed E-state index contributed by atoms with van der Waals surface area (Å²) in [6.45, 7) is 14.2. The lowest BCUT2D eigenvalue weighted by Crippen LogP contribution is -1.70. The molecule has 0 aromatic heterocycles. The van der Waals surface area contributed by atoms with E-state index < -0.39 is 0 Å². The van der Waals surface area contributed by atoms with Crippen molar-refractivity contribution >= 4 is 11.6 Å². The minimum absolute atomic E-state index is 0.840. The third-order valence-electron chi connectivity index (χ3n) is 2.63. The minimum Gasteiger partial charge on any atom is -0.0919 e. The molecule has 1 heteroatoms. The molecule has 2 aromatic rings. The van der Waals surface area contributed by atoms with Crippen LogP contribution in [0.5, 0.6) is 0 Å². The Morgan fingerprint density at radius 3 is 1.27 bits per heavy atom. The van der Waals surface area contributed by atoms with Crippen molar-refractivity contribution in [3.8, 4) is 0 Å². The standard InChI is InChI=1S/C8H10.C7H7Cl.C4H8.C2H6/c1-7-3-5-8(2)6-4-7;1-6-4-2-3-5-7(6)8;1-3-4-2;1-2/h3-6H,1-2H3;2-5H,1H3;3-4H,1-2H3;1-2H3. The first-order chi connectivity index (χ1) is 10.5. The van der Waals surface area contributed by atoms with Crippen molar-refractivity contribution in [1.82, 2.24) is 0 Å². The second-order valence-electron chi connectivity index (χ2n) is 4.57. The lowest BCUT2D eigenvalue weighted by molar-refractivity contribution is 1.40. The average Bonchev–Trinajstić information content (AvgIpc) is 2.56. The highest BCUT2D eigenvalue weighted by Crippen LogP contribution is 2.11. The highest BCUT2D eigenvalue weighted by atomic mass is 35.5. The molecule has 0 unspecified atom stereocenters. The van der Waals surface area contributed by atoms with Crippen molar-refractivity contribution in [2.75, 3.05) is 0 Å². The van der Waals surface area contributed by atoms with E-state index in [1.807, 2.05) is 71.0 Å². The number of allylic oxidation sites excluding steroid dienone is 2. The molecule has 2 aromatic carbocycles. The van der Waals surface area contributed by atoms with Crippen LogP contribution in [0.2, 0.25) is 5.02 Å². The predicted octanol–water partition coefficient (Wildman–Crippen LogP) is 7.56. The Bertz CT molecular complexity index is 450. The summed E-state index contributed by atoms with van der Waals surface area (Å²) in [5.74, 6) is 0. The van der Waals surface area contributed by atoms with E-state index in [1.165, 1.54) is 11.1 Å². The van der Waals surface area contributed by atoms with Crippen LogP contribution < -0.4 is 0 Å². The Hall–Kier alpha value is -1.53. The first-order valence-corrected chi connectivity index (χ1v) is 8.20. The van der Waals surface area contributed by atoms with E-state index in [4.69, 9.17) is 11.6 Å². The lowest BCUT2D eigenvalue weighted by Gasteiger charge is -1.90. The zero-order valence-electron chi connectivity index (χ0n) is 15.2. The molecule has 0 fully saturated rings. The number of benzene rings is 2. The van der Waals surface area contributed by atoms with Gasteiger partial charge in [0.25, 0.3) is 0 Å². The number of aryl methyl sites for hydroxylation is 3. The molecule has 0 nitrogen and oxygen atoms in total. The lowest BCUT2D eigenvalue weighted by atomic mass is 10.2. The number of hydrogen-bond acceptors (Lipinski definition) is 0. The van der Waals surface area contributed by atoms with Crippen LogP contribution in [-0.2, 0) is 0 Å². The third kappa shape index (κ3) is 13.5. The number of hydrogen-bond donors (Lipinski definition) is 0. The van der Waals surface area contributed by atoms with Gasteiger partial charge in [0.05, 0.1) is 0 Å². The van der Waals surface area contributed by atoms with Crippen molar-refractivity contribution in [3.63, 3.8) is 0 Å². The maximum absolute atomic E-state index is 5.71. The minimum atomic E-state index is 0.840. The molecule has 0 aliphatic rings. The summed E-state index contributed by atoms with van der Waals surface area (Å²) < 4.78 is 0. The van der Waals surface area contributed by atoms with Gasteiger partial charge >= 0.3 is 0 Å². The fourth-order valence-electron chi connectivity index (χ4n) is 1.19. The summed E-state index contributed by atoms with van der Waals surface area (Å²) in [6.07, 6.45) is 4.00. The highest BCUT2D eigenvalue weighted by Gasteiger charge is 1.86. The van der Waals surface area contributed by atoms with Gasteiger partial charge in [0, 0.05) is 5.02 Å². The van der Waals surface area contributed by atoms with E-state index >= 15 is 0 Å². The van der Waals surface area contributed by atoms with Crippen LogP contribution in [-0.4, -0.2) is 0 Å². The van der Waals surface area contributed by atoms with Gasteiger partial charge in [-0.15, -0.1) is 0 Å². The van der Waals surface area contributed by atoms with E-state index in [2.05, 4.69) is 38.1 Å². The second kappa shape index (κ2) is 15.9. The maximum atomic E-state index is 5.71. The first kappa shape index (κ1) is 22.7. The van der Waals surface area contributed by atoms with E-state index in [9.17, 15) is 0 Å². The van der Waals surface area contributed by atoms with Gasteiger partial charge in [0.1, 0.15) is 0 Å². The van der Waals surface area contributed by atoms with Gasteiger partial charge in [0.2, 0.25) is 0 Å². The largest absolute Gasteiger partial charge is 0.0919 e. The van der Waals surface area contributed by atoms with Crippen molar-refractivity contribution in [3.05, 3.63) is 82.4 Å². The van der Waals surface area contributed by atoms with Gasteiger partial charge in [-0.05, 0) is 46.2 Å². The second-order valence-corrected chi connectivity index (χ2v) is 4.98. The van der Waals surface area contributed by atoms with Crippen LogP contribution in [0.15, 0.2) is 60.7 Å². The van der Waals surface area contributed by atoms with E-state index in [-0.39, 0.29) is 0 Å². The fourth-order valence-corrected chi connectivity index (χ4v) is 1.32. The van der Waals surface area contributed by atoms with Crippen LogP contribution in [0.25, 0.3) is 0 Å². The summed E-state index contributed by atoms with van der Waals surface area (Å²) in [6, 6.07) is 16.3. The summed E-state index contributed by atoms with van der Waals surface area (Å²) in [4.78, 5) is 0. The smallest absolute Gasteiger partial charge is 0.0435 e. The molecule has 122 valence electrons. The molecule has 0 spiro atoms. The predicted molar refractivity (Wildman–Crippen MR) is 104 cm³/mol. The van der Waals surface area contributed by atoms with Crippen molar-refractivity contribution < 1.29 is 0 Å². The number of halogens is 1. The maximum Gasteiger partial charge on any atom is 0.0435 e. The summed E-state index contributed by atoms with van der Waals surface area (Å²) in [7, 11) is 0. The van der Waals surface area contributed by atoms with Crippen molar-refractivity contribution in [1.29, 1.82) is 0 Å². The van der Waals surface area contributed by atoms with Crippen molar-refractivity contribution in [2.24, 2.45) is 0 Å². The molecule has 0 saturated heterocycles. The van der Waals surface area contributed by atoms with Gasteiger partial charge in [-0.2, -0.15) is 0 Å². The molecule has 0 atom stereocenters. The highest BCUT2D eigenvalue weighted by molar-refractivity contribution is 6.31. The van der Waals surface area contributed by atoms with Crippen LogP contribution in [0.4, 0.5) is 0 Å². The Morgan fingerprint density at radius 1 is 0.682 bits per heavy atom. The van der Waals surface area contributed by atoms with E-state index in [0.717, 1.165) is 10.6 Å². The quantitative estimate of drug-likeness (QED) is 0.439. The van der Waals surface area contributed by atoms with Crippen LogP contribution in [0, 0.1) is 20.8 Å². The molecule has 22 heavy (non-hydrogen) atoms. The van der Waals surface area contributed by atoms with Gasteiger partial charge in [-0.3, -0.25) is 0 Å². The molecule has 0 aliphatic carbocycles. The first-order valence-electron chi connectivity index (χ1n) is 7.83. The SMILES string of the molecule is CC.CC=CC.Cc1ccc(C)cc1.Cc1ccccc1Cl. The van der Waals surface area contributed by atoms with E-state index in [0.29, 0.717) is 0 Å². The Kier molecular flexibility index (Phi) is 16.4. The molecule has 0 saturated carbocycles.